The van der Waals surface area contributed by atoms with Gasteiger partial charge in [-0.15, -0.1) is 0 Å². The topological polar surface area (TPSA) is 104 Å². The van der Waals surface area contributed by atoms with Crippen LogP contribution in [0.25, 0.3) is 0 Å². The van der Waals surface area contributed by atoms with E-state index < -0.39 is 23.9 Å². The van der Waals surface area contributed by atoms with Gasteiger partial charge >= 0.3 is 11.9 Å². The van der Waals surface area contributed by atoms with E-state index in [2.05, 4.69) is 5.32 Å². The summed E-state index contributed by atoms with van der Waals surface area (Å²) in [6, 6.07) is 4.83. The molecule has 18 heavy (non-hydrogen) atoms. The zero-order chi connectivity index (χ0) is 13.7. The average Bonchev–Trinajstić information content (AvgIpc) is 2.28. The highest BCUT2D eigenvalue weighted by Crippen LogP contribution is 2.07. The molecule has 0 saturated carbocycles. The lowest BCUT2D eigenvalue weighted by Gasteiger charge is -2.13. The molecule has 3 N–H and O–H groups in total. The van der Waals surface area contributed by atoms with Crippen molar-refractivity contribution >= 4 is 17.8 Å². The molecule has 1 aromatic rings. The lowest BCUT2D eigenvalue weighted by atomic mass is 10.0. The number of carboxylic acids is 2. The molecule has 1 atom stereocenters. The van der Waals surface area contributed by atoms with E-state index in [1.54, 1.807) is 0 Å². The van der Waals surface area contributed by atoms with Gasteiger partial charge in [-0.3, -0.25) is 4.79 Å². The third-order valence-electron chi connectivity index (χ3n) is 2.32. The van der Waals surface area contributed by atoms with Gasteiger partial charge in [0.25, 0.3) is 0 Å². The Labute approximate surface area is 103 Å². The monoisotopic (exact) mass is 251 g/mol. The van der Waals surface area contributed by atoms with Crippen molar-refractivity contribution in [2.75, 3.05) is 0 Å². The van der Waals surface area contributed by atoms with Crippen molar-refractivity contribution in [1.29, 1.82) is 0 Å². The van der Waals surface area contributed by atoms with E-state index in [1.807, 2.05) is 0 Å². The molecule has 0 aromatic heterocycles. The smallest absolute Gasteiger partial charge is 0.335 e. The van der Waals surface area contributed by atoms with E-state index in [1.165, 1.54) is 31.2 Å². The van der Waals surface area contributed by atoms with Gasteiger partial charge in [0.2, 0.25) is 5.91 Å². The molecule has 0 aliphatic heterocycles. The van der Waals surface area contributed by atoms with E-state index in [4.69, 9.17) is 10.2 Å². The number of nitrogens with one attached hydrogen (secondary N) is 1. The fourth-order valence-corrected chi connectivity index (χ4v) is 1.46. The van der Waals surface area contributed by atoms with Crippen LogP contribution in [0.2, 0.25) is 0 Å². The highest BCUT2D eigenvalue weighted by atomic mass is 16.4. The largest absolute Gasteiger partial charge is 0.480 e. The van der Waals surface area contributed by atoms with Gasteiger partial charge in [0, 0.05) is 13.3 Å². The molecule has 1 aromatic carbocycles. The summed E-state index contributed by atoms with van der Waals surface area (Å²) in [5, 5.41) is 19.9. The lowest BCUT2D eigenvalue weighted by molar-refractivity contribution is -0.141. The zero-order valence-electron chi connectivity index (χ0n) is 9.71. The number of carbonyl (C=O) groups is 3. The Morgan fingerprint density at radius 3 is 2.11 bits per heavy atom. The Bertz CT molecular complexity index is 466. The number of hydrogen-bond acceptors (Lipinski definition) is 3. The van der Waals surface area contributed by atoms with Crippen molar-refractivity contribution in [3.63, 3.8) is 0 Å². The van der Waals surface area contributed by atoms with Gasteiger partial charge in [0.15, 0.2) is 0 Å². The van der Waals surface area contributed by atoms with Crippen molar-refractivity contribution in [3.05, 3.63) is 35.4 Å². The second kappa shape index (κ2) is 5.81. The highest BCUT2D eigenvalue weighted by molar-refractivity contribution is 5.87. The average molecular weight is 251 g/mol. The molecule has 0 spiro atoms. The standard InChI is InChI=1S/C12H13NO5/c1-7(14)13-10(12(17)18)6-8-2-4-9(5-3-8)11(15)16/h2-5,10H,6H2,1H3,(H,13,14)(H,15,16)(H,17,18)/t10-/m0/s1. The van der Waals surface area contributed by atoms with Gasteiger partial charge in [0.1, 0.15) is 6.04 Å². The van der Waals surface area contributed by atoms with Gasteiger partial charge in [0.05, 0.1) is 5.56 Å². The molecule has 1 rings (SSSR count). The van der Waals surface area contributed by atoms with Gasteiger partial charge in [-0.25, -0.2) is 9.59 Å². The second-order valence-corrected chi connectivity index (χ2v) is 3.80. The number of hydrogen-bond donors (Lipinski definition) is 3. The quantitative estimate of drug-likeness (QED) is 0.707. The molecule has 0 fully saturated rings. The molecule has 96 valence electrons. The Balaban J connectivity index is 2.78. The number of aliphatic carboxylic acids is 1. The maximum atomic E-state index is 10.9. The highest BCUT2D eigenvalue weighted by Gasteiger charge is 2.18. The van der Waals surface area contributed by atoms with Gasteiger partial charge in [-0.05, 0) is 17.7 Å². The number of rotatable bonds is 5. The summed E-state index contributed by atoms with van der Waals surface area (Å²) in [6.07, 6.45) is 0.106. The molecule has 0 bridgehead atoms. The first-order chi connectivity index (χ1) is 8.40. The van der Waals surface area contributed by atoms with Crippen LogP contribution in [-0.4, -0.2) is 34.1 Å². The van der Waals surface area contributed by atoms with Crippen molar-refractivity contribution < 1.29 is 24.6 Å². The van der Waals surface area contributed by atoms with Crippen LogP contribution in [0, 0.1) is 0 Å². The lowest BCUT2D eigenvalue weighted by Crippen LogP contribution is -2.41. The number of amides is 1. The normalized spacial score (nSPS) is 11.6. The van der Waals surface area contributed by atoms with E-state index in [0.717, 1.165) is 0 Å². The van der Waals surface area contributed by atoms with Crippen molar-refractivity contribution in [1.82, 2.24) is 5.32 Å². The third-order valence-corrected chi connectivity index (χ3v) is 2.32. The maximum Gasteiger partial charge on any atom is 0.335 e. The summed E-state index contributed by atoms with van der Waals surface area (Å²) < 4.78 is 0. The Hall–Kier alpha value is -2.37. The van der Waals surface area contributed by atoms with Gasteiger partial charge in [-0.2, -0.15) is 0 Å². The third kappa shape index (κ3) is 3.89. The van der Waals surface area contributed by atoms with Gasteiger partial charge in [-0.1, -0.05) is 12.1 Å². The summed E-state index contributed by atoms with van der Waals surface area (Å²) >= 11 is 0. The fraction of sp³-hybridized carbons (Fsp3) is 0.250. The summed E-state index contributed by atoms with van der Waals surface area (Å²) in [6.45, 7) is 1.24. The second-order valence-electron chi connectivity index (χ2n) is 3.80. The molecule has 0 heterocycles. The summed E-state index contributed by atoms with van der Waals surface area (Å²) in [5.41, 5.74) is 0.770. The minimum Gasteiger partial charge on any atom is -0.480 e. The number of aromatic carboxylic acids is 1. The first-order valence-electron chi connectivity index (χ1n) is 5.22. The molecule has 0 aliphatic rings. The minimum absolute atomic E-state index is 0.106. The first kappa shape index (κ1) is 13.7. The fourth-order valence-electron chi connectivity index (χ4n) is 1.46. The zero-order valence-corrected chi connectivity index (χ0v) is 9.71. The SMILES string of the molecule is CC(=O)N[C@@H](Cc1ccc(C(=O)O)cc1)C(=O)O. The number of benzene rings is 1. The molecule has 0 unspecified atom stereocenters. The van der Waals surface area contributed by atoms with Crippen LogP contribution >= 0.6 is 0 Å². The predicted molar refractivity (Wildman–Crippen MR) is 62.3 cm³/mol. The maximum absolute atomic E-state index is 10.9. The molecule has 0 aliphatic carbocycles. The molecular formula is C12H13NO5. The summed E-state index contributed by atoms with van der Waals surface area (Å²) in [7, 11) is 0. The Morgan fingerprint density at radius 2 is 1.72 bits per heavy atom. The number of carbonyl (C=O) groups excluding carboxylic acids is 1. The first-order valence-corrected chi connectivity index (χ1v) is 5.22. The Kier molecular flexibility index (Phi) is 4.42. The van der Waals surface area contributed by atoms with Crippen LogP contribution in [0.3, 0.4) is 0 Å². The van der Waals surface area contributed by atoms with Crippen LogP contribution in [-0.2, 0) is 16.0 Å². The molecule has 0 saturated heterocycles. The summed E-state index contributed by atoms with van der Waals surface area (Å²) in [4.78, 5) is 32.4. The van der Waals surface area contributed by atoms with Crippen molar-refractivity contribution in [2.24, 2.45) is 0 Å². The molecule has 6 nitrogen and oxygen atoms in total. The summed E-state index contributed by atoms with van der Waals surface area (Å²) in [5.74, 6) is -2.60. The van der Waals surface area contributed by atoms with Gasteiger partial charge < -0.3 is 15.5 Å². The van der Waals surface area contributed by atoms with Crippen LogP contribution in [0.1, 0.15) is 22.8 Å². The molecule has 0 radical (unpaired) electrons. The van der Waals surface area contributed by atoms with Crippen LogP contribution < -0.4 is 5.32 Å². The van der Waals surface area contributed by atoms with E-state index in [-0.39, 0.29) is 12.0 Å². The van der Waals surface area contributed by atoms with Crippen molar-refractivity contribution in [2.45, 2.75) is 19.4 Å². The minimum atomic E-state index is -1.13. The predicted octanol–water partition coefficient (Wildman–Crippen LogP) is 0.517. The number of carboxylic acid groups (broad SMARTS) is 2. The van der Waals surface area contributed by atoms with Crippen LogP contribution in [0.5, 0.6) is 0 Å². The molecule has 6 heteroatoms. The molecular weight excluding hydrogens is 238 g/mol. The Morgan fingerprint density at radius 1 is 1.17 bits per heavy atom. The molecule has 1 amide bonds. The van der Waals surface area contributed by atoms with Crippen molar-refractivity contribution in [3.8, 4) is 0 Å². The van der Waals surface area contributed by atoms with Crippen LogP contribution in [0.15, 0.2) is 24.3 Å². The van der Waals surface area contributed by atoms with Crippen LogP contribution in [0.4, 0.5) is 0 Å². The van der Waals surface area contributed by atoms with E-state index in [0.29, 0.717) is 5.56 Å². The van der Waals surface area contributed by atoms with E-state index in [9.17, 15) is 14.4 Å². The van der Waals surface area contributed by atoms with E-state index >= 15 is 0 Å².